The summed E-state index contributed by atoms with van der Waals surface area (Å²) in [5, 5.41) is 18.1. The molecule has 1 N–H and O–H groups in total. The highest BCUT2D eigenvalue weighted by molar-refractivity contribution is 6.12. The number of hydrogen-bond acceptors (Lipinski definition) is 2. The van der Waals surface area contributed by atoms with Crippen LogP contribution in [0.1, 0.15) is 22.7 Å². The molecule has 10 rings (SSSR count). The van der Waals surface area contributed by atoms with Crippen LogP contribution in [-0.2, 0) is 0 Å². The number of fused-ring (bicyclic) bond motifs is 6. The highest BCUT2D eigenvalue weighted by atomic mass is 15.0. The van der Waals surface area contributed by atoms with E-state index in [-0.39, 0.29) is 6.04 Å². The zero-order valence-electron chi connectivity index (χ0n) is 28.2. The van der Waals surface area contributed by atoms with Crippen LogP contribution in [0.4, 0.5) is 0 Å². The normalized spacial score (nSPS) is 14.1. The molecule has 0 fully saturated rings. The monoisotopic (exact) mass is 664 g/mol. The Hall–Kier alpha value is -7.09. The van der Waals surface area contributed by atoms with Gasteiger partial charge < -0.3 is 14.5 Å². The number of allylic oxidation sites excluding steroid dienone is 2. The first kappa shape index (κ1) is 29.8. The summed E-state index contributed by atoms with van der Waals surface area (Å²) >= 11 is 0. The molecule has 0 saturated heterocycles. The first-order valence-electron chi connectivity index (χ1n) is 17.6. The fourth-order valence-corrected chi connectivity index (χ4v) is 7.95. The second-order valence-corrected chi connectivity index (χ2v) is 13.4. The molecule has 0 radical (unpaired) electrons. The third-order valence-electron chi connectivity index (χ3n) is 10.4. The molecular formula is C48H32N4. The number of aromatic nitrogens is 2. The molecule has 0 spiro atoms. The number of nitrogens with one attached hydrogen (secondary N) is 1. The van der Waals surface area contributed by atoms with E-state index in [1.807, 2.05) is 18.2 Å². The van der Waals surface area contributed by atoms with E-state index in [1.54, 1.807) is 0 Å². The van der Waals surface area contributed by atoms with Gasteiger partial charge in [0, 0.05) is 38.6 Å². The summed E-state index contributed by atoms with van der Waals surface area (Å²) in [4.78, 5) is 0. The molecular weight excluding hydrogens is 633 g/mol. The standard InChI is InChI=1S/C48H32N4/c49-31-32-11-8-12-35(27-32)43-19-10-20-44(50-43)36-13-9-16-38(28-36)52-46-22-7-5-18-40(46)42-29-33(24-26-47(42)52)34-23-25-41-39-17-4-6-21-45(39)51(48(41)30-34)37-14-2-1-3-15-37/h1-30,43,50H. The summed E-state index contributed by atoms with van der Waals surface area (Å²) in [7, 11) is 0. The highest BCUT2D eigenvalue weighted by Gasteiger charge is 2.18. The van der Waals surface area contributed by atoms with Gasteiger partial charge in [-0.05, 0) is 95.1 Å². The van der Waals surface area contributed by atoms with E-state index in [2.05, 4.69) is 184 Å². The minimum atomic E-state index is -0.0169. The third kappa shape index (κ3) is 4.83. The van der Waals surface area contributed by atoms with E-state index in [1.165, 1.54) is 54.7 Å². The molecule has 4 nitrogen and oxygen atoms in total. The van der Waals surface area contributed by atoms with Gasteiger partial charge in [-0.15, -0.1) is 0 Å². The van der Waals surface area contributed by atoms with Crippen LogP contribution in [0.3, 0.4) is 0 Å². The van der Waals surface area contributed by atoms with Crippen molar-refractivity contribution in [3.05, 3.63) is 199 Å². The first-order valence-corrected chi connectivity index (χ1v) is 17.6. The van der Waals surface area contributed by atoms with Crippen molar-refractivity contribution >= 4 is 49.3 Å². The van der Waals surface area contributed by atoms with Gasteiger partial charge >= 0.3 is 0 Å². The summed E-state index contributed by atoms with van der Waals surface area (Å²) in [6.45, 7) is 0. The molecule has 1 unspecified atom stereocenters. The molecule has 9 aromatic rings. The molecule has 4 heteroatoms. The van der Waals surface area contributed by atoms with Crippen LogP contribution in [0.2, 0.25) is 0 Å². The lowest BCUT2D eigenvalue weighted by Crippen LogP contribution is -2.20. The lowest BCUT2D eigenvalue weighted by atomic mass is 9.99. The van der Waals surface area contributed by atoms with Crippen LogP contribution in [0, 0.1) is 11.3 Å². The average Bonchev–Trinajstić information content (AvgIpc) is 3.73. The summed E-state index contributed by atoms with van der Waals surface area (Å²) in [5.74, 6) is 0. The van der Waals surface area contributed by atoms with Gasteiger partial charge in [0.1, 0.15) is 0 Å². The van der Waals surface area contributed by atoms with Gasteiger partial charge in [0.25, 0.3) is 0 Å². The fourth-order valence-electron chi connectivity index (χ4n) is 7.95. The Morgan fingerprint density at radius 1 is 0.481 bits per heavy atom. The van der Waals surface area contributed by atoms with Crippen molar-refractivity contribution in [3.63, 3.8) is 0 Å². The molecule has 1 aliphatic rings. The van der Waals surface area contributed by atoms with Crippen LogP contribution in [0.15, 0.2) is 182 Å². The Labute approximate surface area is 301 Å². The maximum atomic E-state index is 9.44. The topological polar surface area (TPSA) is 45.7 Å². The smallest absolute Gasteiger partial charge is 0.0991 e. The second kappa shape index (κ2) is 12.1. The van der Waals surface area contributed by atoms with Gasteiger partial charge in [0.2, 0.25) is 0 Å². The number of dihydropyridines is 1. The van der Waals surface area contributed by atoms with E-state index in [4.69, 9.17) is 0 Å². The van der Waals surface area contributed by atoms with E-state index in [9.17, 15) is 5.26 Å². The number of para-hydroxylation sites is 3. The third-order valence-corrected chi connectivity index (χ3v) is 10.4. The maximum absolute atomic E-state index is 9.44. The lowest BCUT2D eigenvalue weighted by molar-refractivity contribution is 0.763. The number of benzene rings is 7. The quantitative estimate of drug-likeness (QED) is 0.199. The zero-order chi connectivity index (χ0) is 34.6. The Kier molecular flexibility index (Phi) is 6.90. The Morgan fingerprint density at radius 2 is 1.13 bits per heavy atom. The molecule has 0 bridgehead atoms. The SMILES string of the molecule is N#Cc1cccc(C2C=CC=C(c3cccc(-n4c5ccccc5c5cc(-c6ccc7c8ccccc8n(-c8ccccc8)c7c6)ccc54)c3)N2)c1. The highest BCUT2D eigenvalue weighted by Crippen LogP contribution is 2.38. The van der Waals surface area contributed by atoms with Crippen LogP contribution in [-0.4, -0.2) is 9.13 Å². The van der Waals surface area contributed by atoms with Gasteiger partial charge in [-0.1, -0.05) is 109 Å². The van der Waals surface area contributed by atoms with Crippen LogP contribution < -0.4 is 5.32 Å². The fraction of sp³-hybridized carbons (Fsp3) is 0.0208. The minimum absolute atomic E-state index is 0.0169. The Morgan fingerprint density at radius 3 is 1.96 bits per heavy atom. The molecule has 0 amide bonds. The van der Waals surface area contributed by atoms with E-state index in [0.717, 1.165) is 28.2 Å². The average molecular weight is 665 g/mol. The zero-order valence-corrected chi connectivity index (χ0v) is 28.2. The Balaban J connectivity index is 1.07. The molecule has 0 saturated carbocycles. The molecule has 52 heavy (non-hydrogen) atoms. The summed E-state index contributed by atoms with van der Waals surface area (Å²) in [6, 6.07) is 60.5. The summed E-state index contributed by atoms with van der Waals surface area (Å²) in [5.41, 5.74) is 13.3. The van der Waals surface area contributed by atoms with Crippen molar-refractivity contribution in [1.29, 1.82) is 5.26 Å². The molecule has 1 atom stereocenters. The van der Waals surface area contributed by atoms with Crippen molar-refractivity contribution in [2.75, 3.05) is 0 Å². The van der Waals surface area contributed by atoms with Crippen LogP contribution in [0.25, 0.3) is 71.8 Å². The Bertz CT molecular complexity index is 2950. The summed E-state index contributed by atoms with van der Waals surface area (Å²) in [6.07, 6.45) is 6.35. The molecule has 1 aliphatic heterocycles. The van der Waals surface area contributed by atoms with Crippen molar-refractivity contribution in [2.24, 2.45) is 0 Å². The van der Waals surface area contributed by atoms with E-state index in [0.29, 0.717) is 5.56 Å². The summed E-state index contributed by atoms with van der Waals surface area (Å²) < 4.78 is 4.76. The molecule has 3 heterocycles. The number of nitriles is 1. The largest absolute Gasteiger partial charge is 0.374 e. The number of hydrogen-bond donors (Lipinski definition) is 1. The molecule has 2 aromatic heterocycles. The van der Waals surface area contributed by atoms with Gasteiger partial charge in [-0.25, -0.2) is 0 Å². The number of nitrogens with zero attached hydrogens (tertiary/aromatic N) is 3. The minimum Gasteiger partial charge on any atom is -0.374 e. The van der Waals surface area contributed by atoms with E-state index < -0.39 is 0 Å². The van der Waals surface area contributed by atoms with E-state index >= 15 is 0 Å². The number of rotatable bonds is 5. The molecule has 7 aromatic carbocycles. The molecule has 0 aliphatic carbocycles. The van der Waals surface area contributed by atoms with Gasteiger partial charge in [-0.3, -0.25) is 0 Å². The first-order chi connectivity index (χ1) is 25.7. The van der Waals surface area contributed by atoms with Crippen molar-refractivity contribution < 1.29 is 0 Å². The predicted octanol–water partition coefficient (Wildman–Crippen LogP) is 11.7. The van der Waals surface area contributed by atoms with Crippen LogP contribution in [0.5, 0.6) is 0 Å². The van der Waals surface area contributed by atoms with Crippen LogP contribution >= 0.6 is 0 Å². The van der Waals surface area contributed by atoms with Gasteiger partial charge in [0.05, 0.1) is 39.7 Å². The maximum Gasteiger partial charge on any atom is 0.0991 e. The molecule has 244 valence electrons. The predicted molar refractivity (Wildman–Crippen MR) is 215 cm³/mol. The van der Waals surface area contributed by atoms with Crippen molar-refractivity contribution in [2.45, 2.75) is 6.04 Å². The lowest BCUT2D eigenvalue weighted by Gasteiger charge is -2.23. The van der Waals surface area contributed by atoms with Crippen molar-refractivity contribution in [1.82, 2.24) is 14.5 Å². The second-order valence-electron chi connectivity index (χ2n) is 13.4. The van der Waals surface area contributed by atoms with Gasteiger partial charge in [-0.2, -0.15) is 5.26 Å². The van der Waals surface area contributed by atoms with Crippen molar-refractivity contribution in [3.8, 4) is 28.6 Å². The van der Waals surface area contributed by atoms with Gasteiger partial charge in [0.15, 0.2) is 0 Å².